The Morgan fingerprint density at radius 3 is 3.00 bits per heavy atom. The third kappa shape index (κ3) is 2.67. The van der Waals surface area contributed by atoms with Gasteiger partial charge in [-0.05, 0) is 36.6 Å². The molecule has 92 valence electrons. The number of carbonyl (C=O) groups is 1. The summed E-state index contributed by atoms with van der Waals surface area (Å²) < 4.78 is 0. The first kappa shape index (κ1) is 12.1. The van der Waals surface area contributed by atoms with E-state index in [1.54, 1.807) is 6.07 Å². The predicted molar refractivity (Wildman–Crippen MR) is 67.3 cm³/mol. The fourth-order valence-electron chi connectivity index (χ4n) is 2.44. The van der Waals surface area contributed by atoms with Crippen molar-refractivity contribution in [2.24, 2.45) is 0 Å². The minimum atomic E-state index is -0.802. The molecule has 3 nitrogen and oxygen atoms in total. The Bertz CT molecular complexity index is 415. The lowest BCUT2D eigenvalue weighted by molar-refractivity contribution is 0.0694. The van der Waals surface area contributed by atoms with E-state index in [2.05, 4.69) is 17.9 Å². The molecule has 1 heterocycles. The van der Waals surface area contributed by atoms with Crippen LogP contribution in [0.25, 0.3) is 0 Å². The third-order valence-corrected chi connectivity index (χ3v) is 3.40. The first-order chi connectivity index (χ1) is 8.22. The smallest absolute Gasteiger partial charge is 0.335 e. The van der Waals surface area contributed by atoms with E-state index >= 15 is 0 Å². The Morgan fingerprint density at radius 1 is 1.47 bits per heavy atom. The number of hydrogen-bond acceptors (Lipinski definition) is 2. The maximum absolute atomic E-state index is 11.1. The minimum Gasteiger partial charge on any atom is -0.478 e. The van der Waals surface area contributed by atoms with Crippen LogP contribution in [0.3, 0.4) is 0 Å². The van der Waals surface area contributed by atoms with Gasteiger partial charge in [-0.25, -0.2) is 4.79 Å². The highest BCUT2D eigenvalue weighted by Crippen LogP contribution is 2.22. The topological polar surface area (TPSA) is 40.5 Å². The van der Waals surface area contributed by atoms with Gasteiger partial charge in [-0.2, -0.15) is 0 Å². The first-order valence-corrected chi connectivity index (χ1v) is 6.28. The Morgan fingerprint density at radius 2 is 2.29 bits per heavy atom. The van der Waals surface area contributed by atoms with Gasteiger partial charge in [0.2, 0.25) is 0 Å². The van der Waals surface area contributed by atoms with Crippen LogP contribution in [0.1, 0.15) is 41.3 Å². The van der Waals surface area contributed by atoms with Gasteiger partial charge in [0.05, 0.1) is 5.56 Å². The van der Waals surface area contributed by atoms with Crippen LogP contribution >= 0.6 is 0 Å². The van der Waals surface area contributed by atoms with Crippen LogP contribution in [0, 0.1) is 0 Å². The van der Waals surface area contributed by atoms with Crippen molar-refractivity contribution in [2.75, 3.05) is 13.1 Å². The maximum Gasteiger partial charge on any atom is 0.335 e. The number of carboxylic acids is 1. The molecule has 0 radical (unpaired) electrons. The molecule has 0 unspecified atom stereocenters. The van der Waals surface area contributed by atoms with Crippen LogP contribution in [-0.4, -0.2) is 29.1 Å². The SMILES string of the molecule is CCCCN1CCc2c(cccc2C(=O)O)C1. The molecular formula is C14H19NO2. The maximum atomic E-state index is 11.1. The standard InChI is InChI=1S/C14H19NO2/c1-2-3-8-15-9-7-12-11(10-15)5-4-6-13(12)14(16)17/h4-6H,2-3,7-10H2,1H3,(H,16,17). The molecule has 17 heavy (non-hydrogen) atoms. The molecule has 1 aliphatic heterocycles. The van der Waals surface area contributed by atoms with Crippen molar-refractivity contribution in [3.63, 3.8) is 0 Å². The molecule has 1 N–H and O–H groups in total. The lowest BCUT2D eigenvalue weighted by Gasteiger charge is -2.29. The van der Waals surface area contributed by atoms with E-state index in [-0.39, 0.29) is 0 Å². The zero-order valence-electron chi connectivity index (χ0n) is 10.3. The summed E-state index contributed by atoms with van der Waals surface area (Å²) in [5.74, 6) is -0.802. The molecule has 0 aromatic heterocycles. The summed E-state index contributed by atoms with van der Waals surface area (Å²) in [7, 11) is 0. The molecule has 0 spiro atoms. The number of hydrogen-bond donors (Lipinski definition) is 1. The zero-order chi connectivity index (χ0) is 12.3. The molecule has 3 heteroatoms. The number of unbranched alkanes of at least 4 members (excludes halogenated alkanes) is 1. The largest absolute Gasteiger partial charge is 0.478 e. The van der Waals surface area contributed by atoms with Crippen LogP contribution in [0.4, 0.5) is 0 Å². The van der Waals surface area contributed by atoms with Crippen molar-refractivity contribution in [3.8, 4) is 0 Å². The van der Waals surface area contributed by atoms with Gasteiger partial charge in [-0.3, -0.25) is 4.90 Å². The van der Waals surface area contributed by atoms with Gasteiger partial charge in [0, 0.05) is 13.1 Å². The molecule has 0 fully saturated rings. The van der Waals surface area contributed by atoms with E-state index in [0.717, 1.165) is 31.6 Å². The van der Waals surface area contributed by atoms with Crippen molar-refractivity contribution in [2.45, 2.75) is 32.7 Å². The summed E-state index contributed by atoms with van der Waals surface area (Å²) in [6.45, 7) is 5.20. The van der Waals surface area contributed by atoms with Gasteiger partial charge >= 0.3 is 5.97 Å². The van der Waals surface area contributed by atoms with Gasteiger partial charge in [-0.1, -0.05) is 25.5 Å². The third-order valence-electron chi connectivity index (χ3n) is 3.40. The van der Waals surface area contributed by atoms with Gasteiger partial charge in [0.15, 0.2) is 0 Å². The predicted octanol–water partition coefficient (Wildman–Crippen LogP) is 2.54. The van der Waals surface area contributed by atoms with Gasteiger partial charge in [-0.15, -0.1) is 0 Å². The van der Waals surface area contributed by atoms with Crippen LogP contribution in [-0.2, 0) is 13.0 Å². The highest BCUT2D eigenvalue weighted by Gasteiger charge is 2.20. The minimum absolute atomic E-state index is 0.484. The van der Waals surface area contributed by atoms with Gasteiger partial charge in [0.1, 0.15) is 0 Å². The summed E-state index contributed by atoms with van der Waals surface area (Å²) in [5.41, 5.74) is 2.71. The fraction of sp³-hybridized carbons (Fsp3) is 0.500. The molecule has 0 atom stereocenters. The summed E-state index contributed by atoms with van der Waals surface area (Å²) in [4.78, 5) is 13.5. The molecule has 2 rings (SSSR count). The average Bonchev–Trinajstić information content (AvgIpc) is 2.35. The second kappa shape index (κ2) is 5.32. The lowest BCUT2D eigenvalue weighted by Crippen LogP contribution is -2.32. The van der Waals surface area contributed by atoms with E-state index < -0.39 is 5.97 Å². The number of carboxylic acid groups (broad SMARTS) is 1. The number of rotatable bonds is 4. The van der Waals surface area contributed by atoms with Crippen molar-refractivity contribution < 1.29 is 9.90 Å². The van der Waals surface area contributed by atoms with E-state index in [1.165, 1.54) is 18.4 Å². The monoisotopic (exact) mass is 233 g/mol. The molecule has 1 aliphatic rings. The van der Waals surface area contributed by atoms with Crippen molar-refractivity contribution in [1.29, 1.82) is 0 Å². The molecule has 1 aromatic carbocycles. The highest BCUT2D eigenvalue weighted by atomic mass is 16.4. The average molecular weight is 233 g/mol. The summed E-state index contributed by atoms with van der Waals surface area (Å²) in [5, 5.41) is 9.13. The Balaban J connectivity index is 2.16. The van der Waals surface area contributed by atoms with Gasteiger partial charge < -0.3 is 5.11 Å². The van der Waals surface area contributed by atoms with E-state index in [0.29, 0.717) is 5.56 Å². The molecule has 1 aromatic rings. The summed E-state index contributed by atoms with van der Waals surface area (Å²) >= 11 is 0. The number of nitrogens with zero attached hydrogens (tertiary/aromatic N) is 1. The lowest BCUT2D eigenvalue weighted by atomic mass is 9.94. The van der Waals surface area contributed by atoms with Gasteiger partial charge in [0.25, 0.3) is 0 Å². The first-order valence-electron chi connectivity index (χ1n) is 6.28. The molecule has 0 saturated carbocycles. The second-order valence-corrected chi connectivity index (χ2v) is 4.63. The molecule has 0 amide bonds. The Kier molecular flexibility index (Phi) is 3.79. The van der Waals surface area contributed by atoms with Crippen LogP contribution < -0.4 is 0 Å². The van der Waals surface area contributed by atoms with Crippen LogP contribution in [0.5, 0.6) is 0 Å². The molecule has 0 bridgehead atoms. The second-order valence-electron chi connectivity index (χ2n) is 4.63. The fourth-order valence-corrected chi connectivity index (χ4v) is 2.44. The number of aromatic carboxylic acids is 1. The Labute approximate surface area is 102 Å². The molecule has 0 saturated heterocycles. The number of fused-ring (bicyclic) bond motifs is 1. The Hall–Kier alpha value is -1.35. The zero-order valence-corrected chi connectivity index (χ0v) is 10.3. The number of benzene rings is 1. The summed E-state index contributed by atoms with van der Waals surface area (Å²) in [6, 6.07) is 5.62. The summed E-state index contributed by atoms with van der Waals surface area (Å²) in [6.07, 6.45) is 3.29. The van der Waals surface area contributed by atoms with Crippen LogP contribution in [0.2, 0.25) is 0 Å². The molecule has 0 aliphatic carbocycles. The van der Waals surface area contributed by atoms with E-state index in [4.69, 9.17) is 5.11 Å². The van der Waals surface area contributed by atoms with E-state index in [1.807, 2.05) is 6.07 Å². The normalized spacial score (nSPS) is 15.6. The highest BCUT2D eigenvalue weighted by molar-refractivity contribution is 5.89. The quantitative estimate of drug-likeness (QED) is 0.868. The van der Waals surface area contributed by atoms with Crippen molar-refractivity contribution in [3.05, 3.63) is 34.9 Å². The van der Waals surface area contributed by atoms with E-state index in [9.17, 15) is 4.79 Å². The molecular weight excluding hydrogens is 214 g/mol. The van der Waals surface area contributed by atoms with Crippen LogP contribution in [0.15, 0.2) is 18.2 Å². The van der Waals surface area contributed by atoms with Crippen molar-refractivity contribution in [1.82, 2.24) is 4.90 Å². The van der Waals surface area contributed by atoms with Crippen molar-refractivity contribution >= 4 is 5.97 Å².